The molecule has 0 atom stereocenters. The molecule has 0 spiro atoms. The van der Waals surface area contributed by atoms with Crippen molar-refractivity contribution in [2.24, 2.45) is 0 Å². The van der Waals surface area contributed by atoms with Crippen molar-refractivity contribution >= 4 is 11.6 Å². The molecule has 1 aromatic carbocycles. The fraction of sp³-hybridized carbons (Fsp3) is 0.471. The summed E-state index contributed by atoms with van der Waals surface area (Å²) in [5, 5.41) is 7.07. The molecule has 0 saturated heterocycles. The van der Waals surface area contributed by atoms with Crippen molar-refractivity contribution in [3.63, 3.8) is 0 Å². The first-order chi connectivity index (χ1) is 12.1. The van der Waals surface area contributed by atoms with Gasteiger partial charge in [0.2, 0.25) is 5.91 Å². The lowest BCUT2D eigenvalue weighted by atomic mass is 10.2. The Morgan fingerprint density at radius 3 is 2.76 bits per heavy atom. The molecule has 134 valence electrons. The van der Waals surface area contributed by atoms with Gasteiger partial charge in [0.25, 0.3) is 0 Å². The second kappa shape index (κ2) is 7.42. The fourth-order valence-corrected chi connectivity index (χ4v) is 2.98. The second-order valence-corrected chi connectivity index (χ2v) is 5.94. The minimum absolute atomic E-state index is 0.118. The molecule has 0 bridgehead atoms. The minimum atomic E-state index is -0.317. The van der Waals surface area contributed by atoms with Gasteiger partial charge in [0.05, 0.1) is 14.2 Å². The smallest absolute Gasteiger partial charge is 0.346 e. The Hall–Kier alpha value is -2.77. The number of fused-ring (bicyclic) bond motifs is 1. The predicted octanol–water partition coefficient (Wildman–Crippen LogP) is 1.43. The van der Waals surface area contributed by atoms with Crippen LogP contribution in [-0.2, 0) is 24.3 Å². The van der Waals surface area contributed by atoms with E-state index in [0.29, 0.717) is 23.7 Å². The molecular weight excluding hydrogens is 324 g/mol. The Balaban J connectivity index is 1.72. The van der Waals surface area contributed by atoms with E-state index >= 15 is 0 Å². The highest BCUT2D eigenvalue weighted by Crippen LogP contribution is 2.29. The van der Waals surface area contributed by atoms with Gasteiger partial charge >= 0.3 is 5.69 Å². The zero-order valence-corrected chi connectivity index (χ0v) is 14.4. The average Bonchev–Trinajstić information content (AvgIpc) is 2.78. The summed E-state index contributed by atoms with van der Waals surface area (Å²) in [4.78, 5) is 24.7. The summed E-state index contributed by atoms with van der Waals surface area (Å²) in [5.74, 6) is 1.55. The van der Waals surface area contributed by atoms with E-state index in [2.05, 4.69) is 10.4 Å². The molecule has 1 aliphatic heterocycles. The number of hydrogen-bond acceptors (Lipinski definition) is 5. The maximum atomic E-state index is 12.4. The lowest BCUT2D eigenvalue weighted by molar-refractivity contribution is -0.117. The number of aryl methyl sites for hydroxylation is 1. The van der Waals surface area contributed by atoms with Crippen molar-refractivity contribution in [3.05, 3.63) is 34.5 Å². The third-order valence-corrected chi connectivity index (χ3v) is 4.24. The first kappa shape index (κ1) is 17.1. The summed E-state index contributed by atoms with van der Waals surface area (Å²) in [6.07, 6.45) is 3.87. The van der Waals surface area contributed by atoms with Gasteiger partial charge in [0, 0.05) is 24.7 Å². The molecule has 25 heavy (non-hydrogen) atoms. The number of hydrogen-bond donors (Lipinski definition) is 1. The molecule has 0 radical (unpaired) electrons. The Bertz CT molecular complexity index is 825. The van der Waals surface area contributed by atoms with Crippen LogP contribution in [0.25, 0.3) is 0 Å². The molecule has 1 N–H and O–H groups in total. The third-order valence-electron chi connectivity index (χ3n) is 4.24. The molecule has 1 amide bonds. The van der Waals surface area contributed by atoms with E-state index in [0.717, 1.165) is 31.5 Å². The van der Waals surface area contributed by atoms with Gasteiger partial charge in [-0.15, -0.1) is 0 Å². The van der Waals surface area contributed by atoms with Crippen LogP contribution >= 0.6 is 0 Å². The molecule has 0 saturated carbocycles. The zero-order valence-electron chi connectivity index (χ0n) is 14.4. The highest BCUT2D eigenvalue weighted by Gasteiger charge is 2.17. The Kier molecular flexibility index (Phi) is 5.06. The zero-order chi connectivity index (χ0) is 17.8. The maximum absolute atomic E-state index is 12.4. The van der Waals surface area contributed by atoms with Crippen LogP contribution in [0.2, 0.25) is 0 Å². The van der Waals surface area contributed by atoms with Gasteiger partial charge in [-0.1, -0.05) is 6.42 Å². The predicted molar refractivity (Wildman–Crippen MR) is 92.2 cm³/mol. The lowest BCUT2D eigenvalue weighted by Crippen LogP contribution is -2.30. The van der Waals surface area contributed by atoms with Gasteiger partial charge in [-0.05, 0) is 25.0 Å². The van der Waals surface area contributed by atoms with E-state index in [-0.39, 0.29) is 18.1 Å². The van der Waals surface area contributed by atoms with Crippen molar-refractivity contribution in [1.82, 2.24) is 14.3 Å². The molecule has 0 unspecified atom stereocenters. The molecule has 8 heteroatoms. The quantitative estimate of drug-likeness (QED) is 0.885. The van der Waals surface area contributed by atoms with Crippen molar-refractivity contribution in [1.29, 1.82) is 0 Å². The number of nitrogens with zero attached hydrogens (tertiary/aromatic N) is 3. The SMILES string of the molecule is COc1ccc(NC(=O)Cn2nc3n(c2=O)CCCCC3)cc1OC. The van der Waals surface area contributed by atoms with Gasteiger partial charge in [-0.25, -0.2) is 9.48 Å². The van der Waals surface area contributed by atoms with Crippen LogP contribution < -0.4 is 20.5 Å². The molecule has 2 heterocycles. The van der Waals surface area contributed by atoms with Crippen molar-refractivity contribution in [2.75, 3.05) is 19.5 Å². The summed E-state index contributed by atoms with van der Waals surface area (Å²) < 4.78 is 13.3. The van der Waals surface area contributed by atoms with E-state index < -0.39 is 0 Å². The average molecular weight is 346 g/mol. The largest absolute Gasteiger partial charge is 0.493 e. The number of carbonyl (C=O) groups is 1. The molecule has 8 nitrogen and oxygen atoms in total. The van der Waals surface area contributed by atoms with E-state index in [1.165, 1.54) is 11.8 Å². The minimum Gasteiger partial charge on any atom is -0.493 e. The Morgan fingerprint density at radius 2 is 2.00 bits per heavy atom. The molecule has 1 aromatic heterocycles. The number of anilines is 1. The number of ether oxygens (including phenoxy) is 2. The molecule has 2 aromatic rings. The van der Waals surface area contributed by atoms with Crippen molar-refractivity contribution in [2.45, 2.75) is 38.8 Å². The third kappa shape index (κ3) is 3.67. The van der Waals surface area contributed by atoms with Crippen LogP contribution in [0.15, 0.2) is 23.0 Å². The Labute approximate surface area is 145 Å². The Morgan fingerprint density at radius 1 is 1.20 bits per heavy atom. The molecule has 0 fully saturated rings. The summed E-state index contributed by atoms with van der Waals surface area (Å²) in [7, 11) is 3.08. The summed E-state index contributed by atoms with van der Waals surface area (Å²) in [6.45, 7) is 0.554. The normalized spacial score (nSPS) is 13.7. The first-order valence-corrected chi connectivity index (χ1v) is 8.31. The van der Waals surface area contributed by atoms with Crippen LogP contribution in [0.3, 0.4) is 0 Å². The van der Waals surface area contributed by atoms with Gasteiger partial charge in [-0.3, -0.25) is 9.36 Å². The number of nitrogens with one attached hydrogen (secondary N) is 1. The van der Waals surface area contributed by atoms with Crippen LogP contribution in [0, 0.1) is 0 Å². The summed E-state index contributed by atoms with van der Waals surface area (Å²) in [5.41, 5.74) is 0.343. The monoisotopic (exact) mass is 346 g/mol. The van der Waals surface area contributed by atoms with Gasteiger partial charge in [0.15, 0.2) is 11.5 Å². The van der Waals surface area contributed by atoms with Gasteiger partial charge in [-0.2, -0.15) is 5.10 Å². The number of rotatable bonds is 5. The standard InChI is InChI=1S/C17H22N4O4/c1-24-13-8-7-12(10-14(13)25-2)18-16(22)11-21-17(23)20-9-5-3-4-6-15(20)19-21/h7-8,10H,3-6,9,11H2,1-2H3,(H,18,22). The number of carbonyl (C=O) groups excluding carboxylic acids is 1. The lowest BCUT2D eigenvalue weighted by Gasteiger charge is -2.10. The van der Waals surface area contributed by atoms with Crippen LogP contribution in [-0.4, -0.2) is 34.5 Å². The summed E-state index contributed by atoms with van der Waals surface area (Å²) >= 11 is 0. The molecule has 3 rings (SSSR count). The van der Waals surface area contributed by atoms with Gasteiger partial charge < -0.3 is 14.8 Å². The molecular formula is C17H22N4O4. The first-order valence-electron chi connectivity index (χ1n) is 8.31. The number of amides is 1. The highest BCUT2D eigenvalue weighted by molar-refractivity contribution is 5.90. The maximum Gasteiger partial charge on any atom is 0.346 e. The second-order valence-electron chi connectivity index (χ2n) is 5.94. The molecule has 1 aliphatic rings. The van der Waals surface area contributed by atoms with E-state index in [1.54, 1.807) is 29.9 Å². The fourth-order valence-electron chi connectivity index (χ4n) is 2.98. The van der Waals surface area contributed by atoms with E-state index in [4.69, 9.17) is 9.47 Å². The van der Waals surface area contributed by atoms with E-state index in [1.807, 2.05) is 0 Å². The topological polar surface area (TPSA) is 87.4 Å². The van der Waals surface area contributed by atoms with Crippen molar-refractivity contribution < 1.29 is 14.3 Å². The van der Waals surface area contributed by atoms with Crippen LogP contribution in [0.4, 0.5) is 5.69 Å². The van der Waals surface area contributed by atoms with E-state index in [9.17, 15) is 9.59 Å². The number of benzene rings is 1. The van der Waals surface area contributed by atoms with Gasteiger partial charge in [0.1, 0.15) is 12.4 Å². The molecule has 0 aliphatic carbocycles. The number of methoxy groups -OCH3 is 2. The summed E-state index contributed by atoms with van der Waals surface area (Å²) in [6, 6.07) is 5.09. The van der Waals surface area contributed by atoms with Crippen LogP contribution in [0.1, 0.15) is 25.1 Å². The van der Waals surface area contributed by atoms with Crippen molar-refractivity contribution in [3.8, 4) is 11.5 Å². The number of aromatic nitrogens is 3. The van der Waals surface area contributed by atoms with Crippen LogP contribution in [0.5, 0.6) is 11.5 Å². The highest BCUT2D eigenvalue weighted by atomic mass is 16.5.